The minimum absolute atomic E-state index is 0.458. The molecule has 1 amide bonds. The van der Waals surface area contributed by atoms with E-state index in [0.29, 0.717) is 5.56 Å². The van der Waals surface area contributed by atoms with Crippen molar-refractivity contribution < 1.29 is 9.59 Å². The van der Waals surface area contributed by atoms with Crippen LogP contribution in [0.25, 0.3) is 11.1 Å². The maximum atomic E-state index is 11.9. The van der Waals surface area contributed by atoms with Crippen LogP contribution in [0.15, 0.2) is 47.5 Å². The molecule has 0 spiro atoms. The molecule has 0 aromatic heterocycles. The van der Waals surface area contributed by atoms with Crippen LogP contribution in [0.3, 0.4) is 0 Å². The number of rotatable bonds is 2. The van der Waals surface area contributed by atoms with Crippen LogP contribution in [-0.2, 0) is 4.79 Å². The number of carbonyl (C=O) groups excluding carboxylic acids is 2. The zero-order valence-electron chi connectivity index (χ0n) is 10.8. The highest BCUT2D eigenvalue weighted by Gasteiger charge is 2.15. The fourth-order valence-electron chi connectivity index (χ4n) is 2.15. The number of amides is 1. The van der Waals surface area contributed by atoms with E-state index < -0.39 is 5.91 Å². The summed E-state index contributed by atoms with van der Waals surface area (Å²) in [7, 11) is 0. The van der Waals surface area contributed by atoms with E-state index in [0.717, 1.165) is 22.3 Å². The largest absolute Gasteiger partial charge is 0.288 e. The molecule has 0 unspecified atom stereocenters. The molecule has 19 heavy (non-hydrogen) atoms. The summed E-state index contributed by atoms with van der Waals surface area (Å²) in [6.45, 7) is 3.81. The Bertz CT molecular complexity index is 683. The van der Waals surface area contributed by atoms with Gasteiger partial charge in [0.05, 0.1) is 5.56 Å². The van der Waals surface area contributed by atoms with Crippen molar-refractivity contribution in [3.63, 3.8) is 0 Å². The zero-order chi connectivity index (χ0) is 13.8. The van der Waals surface area contributed by atoms with Crippen LogP contribution < -0.4 is 0 Å². The van der Waals surface area contributed by atoms with Gasteiger partial charge in [0.15, 0.2) is 0 Å². The lowest BCUT2D eigenvalue weighted by Gasteiger charge is -2.11. The van der Waals surface area contributed by atoms with Crippen LogP contribution >= 0.6 is 0 Å². The summed E-state index contributed by atoms with van der Waals surface area (Å²) in [5, 5.41) is 0. The molecule has 94 valence electrons. The average molecular weight is 251 g/mol. The highest BCUT2D eigenvalue weighted by atomic mass is 16.2. The van der Waals surface area contributed by atoms with Crippen LogP contribution in [0.4, 0.5) is 0 Å². The van der Waals surface area contributed by atoms with E-state index >= 15 is 0 Å². The minimum Gasteiger partial charge on any atom is -0.266 e. The highest BCUT2D eigenvalue weighted by molar-refractivity contribution is 6.04. The van der Waals surface area contributed by atoms with Crippen molar-refractivity contribution in [2.75, 3.05) is 0 Å². The Morgan fingerprint density at radius 2 is 1.58 bits per heavy atom. The van der Waals surface area contributed by atoms with E-state index in [9.17, 15) is 9.59 Å². The summed E-state index contributed by atoms with van der Waals surface area (Å²) in [6.07, 6.45) is 1.31. The molecule has 0 N–H and O–H groups in total. The lowest BCUT2D eigenvalue weighted by Crippen LogP contribution is -2.02. The van der Waals surface area contributed by atoms with E-state index in [4.69, 9.17) is 0 Å². The topological polar surface area (TPSA) is 46.5 Å². The Morgan fingerprint density at radius 3 is 2.26 bits per heavy atom. The number of isocyanates is 1. The van der Waals surface area contributed by atoms with Crippen LogP contribution in [0, 0.1) is 13.8 Å². The van der Waals surface area contributed by atoms with Gasteiger partial charge in [-0.1, -0.05) is 42.5 Å². The molecule has 0 saturated carbocycles. The van der Waals surface area contributed by atoms with Gasteiger partial charge in [-0.25, -0.2) is 4.79 Å². The first kappa shape index (κ1) is 12.9. The molecular weight excluding hydrogens is 238 g/mol. The monoisotopic (exact) mass is 251 g/mol. The van der Waals surface area contributed by atoms with Gasteiger partial charge < -0.3 is 0 Å². The van der Waals surface area contributed by atoms with Crippen molar-refractivity contribution in [2.24, 2.45) is 4.99 Å². The number of hydrogen-bond acceptors (Lipinski definition) is 2. The first-order chi connectivity index (χ1) is 9.15. The number of hydrogen-bond donors (Lipinski definition) is 0. The van der Waals surface area contributed by atoms with Crippen LogP contribution in [0.1, 0.15) is 21.5 Å². The van der Waals surface area contributed by atoms with Crippen LogP contribution in [-0.4, -0.2) is 12.0 Å². The summed E-state index contributed by atoms with van der Waals surface area (Å²) in [5.74, 6) is -0.550. The SMILES string of the molecule is Cc1ccccc1-c1cccc(C)c1C(=O)N=C=O. The lowest BCUT2D eigenvalue weighted by atomic mass is 9.93. The van der Waals surface area contributed by atoms with Crippen molar-refractivity contribution >= 4 is 12.0 Å². The van der Waals surface area contributed by atoms with Gasteiger partial charge in [0.25, 0.3) is 5.91 Å². The van der Waals surface area contributed by atoms with E-state index in [1.165, 1.54) is 6.08 Å². The first-order valence-electron chi connectivity index (χ1n) is 5.93. The lowest BCUT2D eigenvalue weighted by molar-refractivity contribution is 0.100. The van der Waals surface area contributed by atoms with Gasteiger partial charge in [0.1, 0.15) is 0 Å². The molecule has 0 aliphatic carbocycles. The molecule has 0 aliphatic heterocycles. The summed E-state index contributed by atoms with van der Waals surface area (Å²) in [5.41, 5.74) is 4.08. The fraction of sp³-hybridized carbons (Fsp3) is 0.125. The Kier molecular flexibility index (Phi) is 3.69. The van der Waals surface area contributed by atoms with Gasteiger partial charge in [-0.2, -0.15) is 0 Å². The second-order valence-electron chi connectivity index (χ2n) is 4.32. The van der Waals surface area contributed by atoms with Gasteiger partial charge in [-0.15, -0.1) is 4.99 Å². The van der Waals surface area contributed by atoms with Crippen molar-refractivity contribution in [2.45, 2.75) is 13.8 Å². The van der Waals surface area contributed by atoms with Crippen molar-refractivity contribution in [1.29, 1.82) is 0 Å². The summed E-state index contributed by atoms with van der Waals surface area (Å²) in [6, 6.07) is 13.4. The quantitative estimate of drug-likeness (QED) is 0.606. The van der Waals surface area contributed by atoms with Gasteiger partial charge in [-0.3, -0.25) is 4.79 Å². The molecule has 0 aliphatic rings. The Hall–Kier alpha value is -2.51. The number of aryl methyl sites for hydroxylation is 2. The summed E-state index contributed by atoms with van der Waals surface area (Å²) < 4.78 is 0. The maximum Gasteiger partial charge on any atom is 0.288 e. The number of nitrogens with zero attached hydrogens (tertiary/aromatic N) is 1. The average Bonchev–Trinajstić information content (AvgIpc) is 2.39. The predicted molar refractivity (Wildman–Crippen MR) is 73.8 cm³/mol. The molecule has 0 atom stereocenters. The van der Waals surface area contributed by atoms with Gasteiger partial charge >= 0.3 is 0 Å². The molecule has 0 bridgehead atoms. The Labute approximate surface area is 111 Å². The van der Waals surface area contributed by atoms with Crippen LogP contribution in [0.2, 0.25) is 0 Å². The standard InChI is InChI=1S/C16H13NO2/c1-11-6-3-4-8-13(11)14-9-5-7-12(2)15(14)16(19)17-10-18/h3-9H,1-2H3. The molecule has 2 aromatic rings. The molecule has 3 nitrogen and oxygen atoms in total. The van der Waals surface area contributed by atoms with Gasteiger partial charge in [-0.05, 0) is 36.1 Å². The predicted octanol–water partition coefficient (Wildman–Crippen LogP) is 3.45. The zero-order valence-corrected chi connectivity index (χ0v) is 10.8. The molecule has 0 saturated heterocycles. The second-order valence-corrected chi connectivity index (χ2v) is 4.32. The van der Waals surface area contributed by atoms with Gasteiger partial charge in [0, 0.05) is 0 Å². The van der Waals surface area contributed by atoms with Crippen molar-refractivity contribution in [3.8, 4) is 11.1 Å². The second kappa shape index (κ2) is 5.42. The molecule has 2 rings (SSSR count). The van der Waals surface area contributed by atoms with Crippen LogP contribution in [0.5, 0.6) is 0 Å². The van der Waals surface area contributed by atoms with Crippen molar-refractivity contribution in [3.05, 3.63) is 59.2 Å². The molecule has 3 heteroatoms. The summed E-state index contributed by atoms with van der Waals surface area (Å²) in [4.78, 5) is 25.5. The summed E-state index contributed by atoms with van der Waals surface area (Å²) >= 11 is 0. The minimum atomic E-state index is -0.550. The van der Waals surface area contributed by atoms with E-state index in [1.807, 2.05) is 56.3 Å². The van der Waals surface area contributed by atoms with Crippen molar-refractivity contribution in [1.82, 2.24) is 0 Å². The molecule has 0 heterocycles. The fourth-order valence-corrected chi connectivity index (χ4v) is 2.15. The van der Waals surface area contributed by atoms with E-state index in [1.54, 1.807) is 0 Å². The third-order valence-electron chi connectivity index (χ3n) is 3.07. The molecule has 0 fully saturated rings. The molecular formula is C16H13NO2. The molecule has 2 aromatic carbocycles. The highest BCUT2D eigenvalue weighted by Crippen LogP contribution is 2.29. The first-order valence-corrected chi connectivity index (χ1v) is 5.93. The Balaban J connectivity index is 2.71. The Morgan fingerprint density at radius 1 is 0.947 bits per heavy atom. The third kappa shape index (κ3) is 2.51. The van der Waals surface area contributed by atoms with E-state index in [-0.39, 0.29) is 0 Å². The third-order valence-corrected chi connectivity index (χ3v) is 3.07. The number of benzene rings is 2. The normalized spacial score (nSPS) is 9.79. The van der Waals surface area contributed by atoms with E-state index in [2.05, 4.69) is 4.99 Å². The molecule has 0 radical (unpaired) electrons. The van der Waals surface area contributed by atoms with Gasteiger partial charge in [0.2, 0.25) is 6.08 Å². The number of aliphatic imine (C=N–C) groups is 1. The smallest absolute Gasteiger partial charge is 0.266 e. The maximum absolute atomic E-state index is 11.9. The number of carbonyl (C=O) groups is 1.